The molecule has 0 radical (unpaired) electrons. The fraction of sp³-hybridized carbons (Fsp3) is 0.167. The van der Waals surface area contributed by atoms with E-state index in [1.165, 1.54) is 12.3 Å². The minimum Gasteiger partial charge on any atom is -0.382 e. The predicted molar refractivity (Wildman–Crippen MR) is 96.3 cm³/mol. The standard InChI is InChI=1S/C18H17N3O3S/c1-12-9-14-10-15(7-8-16(14)19-12)25(23,24)21-11-17(20-18(21)22)13-5-3-2-4-6-13/h2-8,10-12,19H,9H2,1H3,(H,20,22). The maximum Gasteiger partial charge on any atom is 0.340 e. The molecule has 1 aromatic heterocycles. The normalized spacial score (nSPS) is 16.4. The molecule has 1 atom stereocenters. The SMILES string of the molecule is CC1Cc2cc(S(=O)(=O)n3cc(-c4ccccc4)[nH]c3=O)ccc2N1. The van der Waals surface area contributed by atoms with Crippen molar-refractivity contribution in [2.75, 3.05) is 5.32 Å². The van der Waals surface area contributed by atoms with Crippen LogP contribution in [-0.2, 0) is 16.4 Å². The lowest BCUT2D eigenvalue weighted by molar-refractivity contribution is 0.585. The molecule has 1 unspecified atom stereocenters. The van der Waals surface area contributed by atoms with Crippen molar-refractivity contribution in [3.05, 3.63) is 70.8 Å². The third-order valence-electron chi connectivity index (χ3n) is 4.33. The van der Waals surface area contributed by atoms with Gasteiger partial charge in [0.05, 0.1) is 16.8 Å². The first-order valence-corrected chi connectivity index (χ1v) is 9.41. The molecule has 2 heterocycles. The fourth-order valence-electron chi connectivity index (χ4n) is 3.12. The van der Waals surface area contributed by atoms with Gasteiger partial charge in [-0.2, -0.15) is 3.97 Å². The summed E-state index contributed by atoms with van der Waals surface area (Å²) in [6.45, 7) is 2.04. The van der Waals surface area contributed by atoms with Crippen molar-refractivity contribution < 1.29 is 8.42 Å². The summed E-state index contributed by atoms with van der Waals surface area (Å²) in [4.78, 5) is 15.0. The van der Waals surface area contributed by atoms with Crippen LogP contribution in [0.4, 0.5) is 5.69 Å². The summed E-state index contributed by atoms with van der Waals surface area (Å²) in [7, 11) is -3.95. The number of aromatic amines is 1. The summed E-state index contributed by atoms with van der Waals surface area (Å²) in [6, 6.07) is 14.3. The minimum absolute atomic E-state index is 0.114. The van der Waals surface area contributed by atoms with Crippen molar-refractivity contribution in [2.24, 2.45) is 0 Å². The Morgan fingerprint density at radius 1 is 1.12 bits per heavy atom. The summed E-state index contributed by atoms with van der Waals surface area (Å²) in [5.41, 5.74) is 2.43. The number of fused-ring (bicyclic) bond motifs is 1. The molecule has 0 amide bonds. The molecule has 3 aromatic rings. The smallest absolute Gasteiger partial charge is 0.340 e. The summed E-state index contributed by atoms with van der Waals surface area (Å²) < 4.78 is 26.6. The molecule has 2 aromatic carbocycles. The van der Waals surface area contributed by atoms with Crippen LogP contribution >= 0.6 is 0 Å². The molecule has 0 bridgehead atoms. The highest BCUT2D eigenvalue weighted by Crippen LogP contribution is 2.29. The van der Waals surface area contributed by atoms with E-state index in [9.17, 15) is 13.2 Å². The monoisotopic (exact) mass is 355 g/mol. The fourth-order valence-corrected chi connectivity index (χ4v) is 4.39. The number of aromatic nitrogens is 2. The van der Waals surface area contributed by atoms with Gasteiger partial charge in [0.25, 0.3) is 10.0 Å². The third kappa shape index (κ3) is 2.66. The van der Waals surface area contributed by atoms with Gasteiger partial charge in [0.1, 0.15) is 0 Å². The van der Waals surface area contributed by atoms with Crippen molar-refractivity contribution in [2.45, 2.75) is 24.3 Å². The number of benzene rings is 2. The van der Waals surface area contributed by atoms with Gasteiger partial charge in [0.2, 0.25) is 0 Å². The first-order valence-electron chi connectivity index (χ1n) is 7.97. The Kier molecular flexibility index (Phi) is 3.54. The van der Waals surface area contributed by atoms with Gasteiger partial charge < -0.3 is 10.3 Å². The number of hydrogen-bond acceptors (Lipinski definition) is 4. The minimum atomic E-state index is -3.95. The Morgan fingerprint density at radius 2 is 1.88 bits per heavy atom. The molecule has 25 heavy (non-hydrogen) atoms. The average Bonchev–Trinajstić information content (AvgIpc) is 3.17. The molecule has 128 valence electrons. The topological polar surface area (TPSA) is 84.0 Å². The van der Waals surface area contributed by atoms with Crippen molar-refractivity contribution in [3.63, 3.8) is 0 Å². The molecular formula is C18H17N3O3S. The van der Waals surface area contributed by atoms with Crippen LogP contribution < -0.4 is 11.0 Å². The number of nitrogens with one attached hydrogen (secondary N) is 2. The van der Waals surface area contributed by atoms with Gasteiger partial charge in [0.15, 0.2) is 0 Å². The first-order chi connectivity index (χ1) is 11.9. The number of rotatable bonds is 3. The summed E-state index contributed by atoms with van der Waals surface area (Å²) in [5, 5.41) is 3.28. The number of hydrogen-bond donors (Lipinski definition) is 2. The number of H-pyrrole nitrogens is 1. The largest absolute Gasteiger partial charge is 0.382 e. The van der Waals surface area contributed by atoms with E-state index in [1.807, 2.05) is 37.3 Å². The van der Waals surface area contributed by atoms with E-state index in [2.05, 4.69) is 10.3 Å². The highest BCUT2D eigenvalue weighted by molar-refractivity contribution is 7.90. The summed E-state index contributed by atoms with van der Waals surface area (Å²) >= 11 is 0. The average molecular weight is 355 g/mol. The molecule has 0 saturated heterocycles. The highest BCUT2D eigenvalue weighted by Gasteiger charge is 2.24. The Hall–Kier alpha value is -2.80. The summed E-state index contributed by atoms with van der Waals surface area (Å²) in [5.74, 6) is 0. The Balaban J connectivity index is 1.78. The van der Waals surface area contributed by atoms with Crippen molar-refractivity contribution in [1.82, 2.24) is 8.96 Å². The first kappa shape index (κ1) is 15.7. The lowest BCUT2D eigenvalue weighted by Crippen LogP contribution is -2.24. The van der Waals surface area contributed by atoms with Gasteiger partial charge in [-0.25, -0.2) is 13.2 Å². The van der Waals surface area contributed by atoms with Crippen LogP contribution in [0.5, 0.6) is 0 Å². The van der Waals surface area contributed by atoms with Gasteiger partial charge in [0, 0.05) is 11.7 Å². The van der Waals surface area contributed by atoms with Crippen LogP contribution in [-0.4, -0.2) is 23.4 Å². The van der Waals surface area contributed by atoms with Gasteiger partial charge >= 0.3 is 5.69 Å². The zero-order chi connectivity index (χ0) is 17.6. The van der Waals surface area contributed by atoms with E-state index in [4.69, 9.17) is 0 Å². The van der Waals surface area contributed by atoms with Crippen LogP contribution in [0.3, 0.4) is 0 Å². The third-order valence-corrected chi connectivity index (χ3v) is 5.97. The van der Waals surface area contributed by atoms with Crippen LogP contribution in [0.15, 0.2) is 64.4 Å². The van der Waals surface area contributed by atoms with Crippen molar-refractivity contribution >= 4 is 15.7 Å². The lowest BCUT2D eigenvalue weighted by Gasteiger charge is -2.06. The number of anilines is 1. The molecule has 0 spiro atoms. The number of nitrogens with zero attached hydrogens (tertiary/aromatic N) is 1. The van der Waals surface area contributed by atoms with Crippen molar-refractivity contribution in [3.8, 4) is 11.3 Å². The molecule has 7 heteroatoms. The van der Waals surface area contributed by atoms with E-state index in [0.29, 0.717) is 5.69 Å². The van der Waals surface area contributed by atoms with E-state index in [-0.39, 0.29) is 10.9 Å². The molecular weight excluding hydrogens is 338 g/mol. The molecule has 0 saturated carbocycles. The highest BCUT2D eigenvalue weighted by atomic mass is 32.2. The Labute approximate surface area is 145 Å². The molecule has 2 N–H and O–H groups in total. The van der Waals surface area contributed by atoms with Crippen LogP contribution in [0.25, 0.3) is 11.3 Å². The van der Waals surface area contributed by atoms with E-state index in [1.54, 1.807) is 12.1 Å². The van der Waals surface area contributed by atoms with E-state index >= 15 is 0 Å². The second-order valence-electron chi connectivity index (χ2n) is 6.21. The predicted octanol–water partition coefficient (Wildman–Crippen LogP) is 2.44. The Bertz CT molecular complexity index is 1100. The zero-order valence-corrected chi connectivity index (χ0v) is 14.4. The molecule has 6 nitrogen and oxygen atoms in total. The van der Waals surface area contributed by atoms with Gasteiger partial charge in [-0.15, -0.1) is 0 Å². The van der Waals surface area contributed by atoms with Crippen LogP contribution in [0.2, 0.25) is 0 Å². The summed E-state index contributed by atoms with van der Waals surface area (Å²) in [6.07, 6.45) is 2.09. The number of imidazole rings is 1. The van der Waals surface area contributed by atoms with Crippen molar-refractivity contribution in [1.29, 1.82) is 0 Å². The van der Waals surface area contributed by atoms with Crippen LogP contribution in [0.1, 0.15) is 12.5 Å². The Morgan fingerprint density at radius 3 is 2.64 bits per heavy atom. The molecule has 0 fully saturated rings. The van der Waals surface area contributed by atoms with Gasteiger partial charge in [-0.05, 0) is 42.7 Å². The van der Waals surface area contributed by atoms with Gasteiger partial charge in [-0.3, -0.25) is 0 Å². The maximum atomic E-state index is 12.9. The molecule has 1 aliphatic heterocycles. The second kappa shape index (κ2) is 5.63. The van der Waals surface area contributed by atoms with E-state index in [0.717, 1.165) is 27.2 Å². The van der Waals surface area contributed by atoms with Gasteiger partial charge in [-0.1, -0.05) is 30.3 Å². The molecule has 4 rings (SSSR count). The molecule has 1 aliphatic rings. The second-order valence-corrected chi connectivity index (χ2v) is 8.02. The quantitative estimate of drug-likeness (QED) is 0.756. The molecule has 0 aliphatic carbocycles. The van der Waals surface area contributed by atoms with E-state index < -0.39 is 15.7 Å². The van der Waals surface area contributed by atoms with Crippen LogP contribution in [0, 0.1) is 0 Å². The zero-order valence-electron chi connectivity index (χ0n) is 13.6. The maximum absolute atomic E-state index is 12.9. The lowest BCUT2D eigenvalue weighted by atomic mass is 10.1.